The molecule has 0 spiro atoms. The molecule has 24 heavy (non-hydrogen) atoms. The number of sulfonamides is 1. The van der Waals surface area contributed by atoms with E-state index < -0.39 is 15.9 Å². The van der Waals surface area contributed by atoms with Gasteiger partial charge in [0.15, 0.2) is 5.76 Å². The minimum Gasteiger partial charge on any atom is -0.438 e. The first-order valence-electron chi connectivity index (χ1n) is 7.09. The fraction of sp³-hybridized carbons (Fsp3) is 0.200. The molecular weight excluding hydrogens is 332 g/mol. The second-order valence-electron chi connectivity index (χ2n) is 5.20. The third kappa shape index (κ3) is 2.79. The average molecular weight is 348 g/mol. The molecule has 0 bridgehead atoms. The van der Waals surface area contributed by atoms with E-state index in [0.29, 0.717) is 5.69 Å². The molecule has 3 aromatic rings. The molecule has 126 valence electrons. The number of benzene rings is 1. The predicted molar refractivity (Wildman–Crippen MR) is 88.4 cm³/mol. The molecule has 0 unspecified atom stereocenters. The van der Waals surface area contributed by atoms with E-state index in [-0.39, 0.29) is 10.9 Å². The first-order chi connectivity index (χ1) is 11.3. The maximum Gasteiger partial charge on any atom is 0.291 e. The highest BCUT2D eigenvalue weighted by Crippen LogP contribution is 2.21. The Hall–Kier alpha value is -2.65. The number of hydrogen-bond donors (Lipinski definition) is 2. The number of rotatable bonds is 4. The SMILES string of the molecule is CNS(=O)(=O)c1ccc(C(=O)Nc2ccc3c(c2)nc(C)n3C)o1. The van der Waals surface area contributed by atoms with Gasteiger partial charge in [-0.1, -0.05) is 0 Å². The maximum absolute atomic E-state index is 12.2. The van der Waals surface area contributed by atoms with Crippen molar-refractivity contribution in [3.8, 4) is 0 Å². The van der Waals surface area contributed by atoms with Gasteiger partial charge in [0.25, 0.3) is 15.9 Å². The van der Waals surface area contributed by atoms with Crippen LogP contribution in [0, 0.1) is 6.92 Å². The molecule has 0 radical (unpaired) electrons. The highest BCUT2D eigenvalue weighted by molar-refractivity contribution is 7.89. The number of hydrogen-bond acceptors (Lipinski definition) is 5. The summed E-state index contributed by atoms with van der Waals surface area (Å²) in [5.74, 6) is 0.224. The van der Waals surface area contributed by atoms with Crippen molar-refractivity contribution in [1.82, 2.24) is 14.3 Å². The van der Waals surface area contributed by atoms with E-state index in [4.69, 9.17) is 4.42 Å². The summed E-state index contributed by atoms with van der Waals surface area (Å²) in [5, 5.41) is 2.35. The van der Waals surface area contributed by atoms with Crippen LogP contribution in [0.5, 0.6) is 0 Å². The van der Waals surface area contributed by atoms with Crippen LogP contribution in [-0.2, 0) is 17.1 Å². The minimum absolute atomic E-state index is 0.0962. The topological polar surface area (TPSA) is 106 Å². The molecule has 2 aromatic heterocycles. The Balaban J connectivity index is 1.85. The van der Waals surface area contributed by atoms with Crippen LogP contribution in [0.1, 0.15) is 16.4 Å². The molecule has 0 saturated carbocycles. The van der Waals surface area contributed by atoms with Gasteiger partial charge < -0.3 is 14.3 Å². The first kappa shape index (κ1) is 16.2. The van der Waals surface area contributed by atoms with Gasteiger partial charge in [-0.05, 0) is 44.3 Å². The van der Waals surface area contributed by atoms with Gasteiger partial charge >= 0.3 is 0 Å². The van der Waals surface area contributed by atoms with Gasteiger partial charge in [0, 0.05) is 12.7 Å². The lowest BCUT2D eigenvalue weighted by molar-refractivity contribution is 0.0991. The van der Waals surface area contributed by atoms with Crippen LogP contribution in [0.15, 0.2) is 39.8 Å². The van der Waals surface area contributed by atoms with Crippen molar-refractivity contribution >= 4 is 32.7 Å². The summed E-state index contributed by atoms with van der Waals surface area (Å²) >= 11 is 0. The number of nitrogens with one attached hydrogen (secondary N) is 2. The van der Waals surface area contributed by atoms with Crippen molar-refractivity contribution in [3.05, 3.63) is 41.9 Å². The highest BCUT2D eigenvalue weighted by Gasteiger charge is 2.19. The molecule has 8 nitrogen and oxygen atoms in total. The number of carbonyl (C=O) groups excluding carboxylic acids is 1. The van der Waals surface area contributed by atoms with Crippen LogP contribution in [0.3, 0.4) is 0 Å². The van der Waals surface area contributed by atoms with Crippen LogP contribution in [0.4, 0.5) is 5.69 Å². The lowest BCUT2D eigenvalue weighted by Gasteiger charge is -2.04. The van der Waals surface area contributed by atoms with Crippen molar-refractivity contribution in [2.45, 2.75) is 12.0 Å². The maximum atomic E-state index is 12.2. The van der Waals surface area contributed by atoms with E-state index in [1.165, 1.54) is 19.2 Å². The zero-order chi connectivity index (χ0) is 17.5. The van der Waals surface area contributed by atoms with E-state index in [0.717, 1.165) is 16.9 Å². The van der Waals surface area contributed by atoms with Gasteiger partial charge in [-0.2, -0.15) is 0 Å². The number of fused-ring (bicyclic) bond motifs is 1. The van der Waals surface area contributed by atoms with E-state index in [1.54, 1.807) is 12.1 Å². The fourth-order valence-corrected chi connectivity index (χ4v) is 2.93. The quantitative estimate of drug-likeness (QED) is 0.745. The lowest BCUT2D eigenvalue weighted by atomic mass is 10.2. The second kappa shape index (κ2) is 5.77. The summed E-state index contributed by atoms with van der Waals surface area (Å²) in [6, 6.07) is 7.88. The van der Waals surface area contributed by atoms with E-state index >= 15 is 0 Å². The fourth-order valence-electron chi connectivity index (χ4n) is 2.28. The molecule has 1 aromatic carbocycles. The summed E-state index contributed by atoms with van der Waals surface area (Å²) in [7, 11) is -0.546. The average Bonchev–Trinajstić information content (AvgIpc) is 3.14. The van der Waals surface area contributed by atoms with Gasteiger partial charge in [-0.15, -0.1) is 0 Å². The van der Waals surface area contributed by atoms with Crippen LogP contribution >= 0.6 is 0 Å². The Labute approximate surface area is 138 Å². The first-order valence-corrected chi connectivity index (χ1v) is 8.58. The Morgan fingerprint density at radius 2 is 2.00 bits per heavy atom. The van der Waals surface area contributed by atoms with Crippen LogP contribution in [0.25, 0.3) is 11.0 Å². The lowest BCUT2D eigenvalue weighted by Crippen LogP contribution is -2.18. The summed E-state index contributed by atoms with van der Waals surface area (Å²) in [6.45, 7) is 1.89. The Morgan fingerprint density at radius 3 is 2.71 bits per heavy atom. The van der Waals surface area contributed by atoms with Crippen LogP contribution in [-0.4, -0.2) is 30.9 Å². The van der Waals surface area contributed by atoms with E-state index in [9.17, 15) is 13.2 Å². The number of aryl methyl sites for hydroxylation is 2. The van der Waals surface area contributed by atoms with Crippen LogP contribution in [0.2, 0.25) is 0 Å². The van der Waals surface area contributed by atoms with E-state index in [1.807, 2.05) is 24.6 Å². The van der Waals surface area contributed by atoms with Crippen molar-refractivity contribution in [1.29, 1.82) is 0 Å². The molecule has 2 heterocycles. The summed E-state index contributed by atoms with van der Waals surface area (Å²) < 4.78 is 32.4. The number of carbonyl (C=O) groups is 1. The number of aromatic nitrogens is 2. The van der Waals surface area contributed by atoms with Gasteiger partial charge in [-0.3, -0.25) is 4.79 Å². The van der Waals surface area contributed by atoms with Crippen molar-refractivity contribution in [2.24, 2.45) is 7.05 Å². The van der Waals surface area contributed by atoms with Gasteiger partial charge in [0.05, 0.1) is 11.0 Å². The van der Waals surface area contributed by atoms with Gasteiger partial charge in [-0.25, -0.2) is 18.1 Å². The minimum atomic E-state index is -3.72. The Morgan fingerprint density at radius 1 is 1.25 bits per heavy atom. The summed E-state index contributed by atoms with van der Waals surface area (Å²) in [6.07, 6.45) is 0. The van der Waals surface area contributed by atoms with Crippen molar-refractivity contribution in [3.63, 3.8) is 0 Å². The second-order valence-corrected chi connectivity index (χ2v) is 7.02. The number of amides is 1. The van der Waals surface area contributed by atoms with Crippen molar-refractivity contribution < 1.29 is 17.6 Å². The highest BCUT2D eigenvalue weighted by atomic mass is 32.2. The largest absolute Gasteiger partial charge is 0.438 e. The number of imidazole rings is 1. The normalized spacial score (nSPS) is 11.8. The molecule has 9 heteroatoms. The standard InChI is InChI=1S/C15H16N4O4S/c1-9-17-11-8-10(4-5-12(11)19(9)3)18-15(20)13-6-7-14(23-13)24(21,22)16-2/h4-8,16H,1-3H3,(H,18,20). The predicted octanol–water partition coefficient (Wildman–Crippen LogP) is 1.64. The molecule has 3 rings (SSSR count). The molecular formula is C15H16N4O4S. The molecule has 2 N–H and O–H groups in total. The smallest absolute Gasteiger partial charge is 0.291 e. The molecule has 0 aliphatic carbocycles. The van der Waals surface area contributed by atoms with Gasteiger partial charge in [0.1, 0.15) is 5.82 Å². The third-order valence-electron chi connectivity index (χ3n) is 3.70. The summed E-state index contributed by atoms with van der Waals surface area (Å²) in [5.41, 5.74) is 2.25. The number of anilines is 1. The number of nitrogens with zero attached hydrogens (tertiary/aromatic N) is 2. The monoisotopic (exact) mass is 348 g/mol. The molecule has 0 aliphatic heterocycles. The van der Waals surface area contributed by atoms with Crippen molar-refractivity contribution in [2.75, 3.05) is 12.4 Å². The molecule has 1 amide bonds. The Bertz CT molecular complexity index is 1030. The van der Waals surface area contributed by atoms with Gasteiger partial charge in [0.2, 0.25) is 5.09 Å². The third-order valence-corrected chi connectivity index (χ3v) is 4.99. The van der Waals surface area contributed by atoms with E-state index in [2.05, 4.69) is 15.0 Å². The number of furan rings is 1. The Kier molecular flexibility index (Phi) is 3.90. The zero-order valence-electron chi connectivity index (χ0n) is 13.3. The molecule has 0 saturated heterocycles. The van der Waals surface area contributed by atoms with Crippen LogP contribution < -0.4 is 10.0 Å². The zero-order valence-corrected chi connectivity index (χ0v) is 14.1. The summed E-state index contributed by atoms with van der Waals surface area (Å²) in [4.78, 5) is 16.6. The molecule has 0 fully saturated rings. The molecule has 0 aliphatic rings. The molecule has 0 atom stereocenters.